The van der Waals surface area contributed by atoms with Gasteiger partial charge in [0.25, 0.3) is 0 Å². The van der Waals surface area contributed by atoms with E-state index in [9.17, 15) is 0 Å². The Morgan fingerprint density at radius 1 is 0.941 bits per heavy atom. The summed E-state index contributed by atoms with van der Waals surface area (Å²) in [5.74, 6) is 0. The smallest absolute Gasteiger partial charge is 0.0169 e. The van der Waals surface area contributed by atoms with Gasteiger partial charge in [-0.1, -0.05) is 32.1 Å². The third-order valence-corrected chi connectivity index (χ3v) is 4.36. The van der Waals surface area contributed by atoms with Crippen LogP contribution in [0.15, 0.2) is 0 Å². The van der Waals surface area contributed by atoms with E-state index < -0.39 is 0 Å². The van der Waals surface area contributed by atoms with Crippen molar-refractivity contribution >= 4 is 0 Å². The van der Waals surface area contributed by atoms with E-state index in [1.807, 2.05) is 0 Å². The molecular formula is C15H30N2. The normalized spacial score (nSPS) is 26.6. The molecule has 2 fully saturated rings. The van der Waals surface area contributed by atoms with Crippen LogP contribution < -0.4 is 5.32 Å². The van der Waals surface area contributed by atoms with Crippen LogP contribution in [0.2, 0.25) is 0 Å². The first kappa shape index (κ1) is 13.4. The van der Waals surface area contributed by atoms with Crippen LogP contribution in [-0.4, -0.2) is 36.6 Å². The molecule has 1 saturated carbocycles. The lowest BCUT2D eigenvalue weighted by Crippen LogP contribution is -2.43. The SMILES string of the molecule is CC(CN1CCCC1)NC1CCCCCCC1. The fourth-order valence-corrected chi connectivity index (χ4v) is 3.43. The van der Waals surface area contributed by atoms with Gasteiger partial charge in [-0.25, -0.2) is 0 Å². The van der Waals surface area contributed by atoms with Gasteiger partial charge in [0.15, 0.2) is 0 Å². The molecule has 0 amide bonds. The Hall–Kier alpha value is -0.0800. The van der Waals surface area contributed by atoms with Gasteiger partial charge in [-0.3, -0.25) is 0 Å². The van der Waals surface area contributed by atoms with Crippen LogP contribution in [0.25, 0.3) is 0 Å². The third kappa shape index (κ3) is 4.97. The van der Waals surface area contributed by atoms with Crippen molar-refractivity contribution in [2.75, 3.05) is 19.6 Å². The molecule has 1 aliphatic heterocycles. The Balaban J connectivity index is 1.66. The number of nitrogens with one attached hydrogen (secondary N) is 1. The van der Waals surface area contributed by atoms with Crippen molar-refractivity contribution in [2.24, 2.45) is 0 Å². The summed E-state index contributed by atoms with van der Waals surface area (Å²) >= 11 is 0. The second-order valence-electron chi connectivity index (χ2n) is 6.12. The van der Waals surface area contributed by atoms with Gasteiger partial charge >= 0.3 is 0 Å². The summed E-state index contributed by atoms with van der Waals surface area (Å²) in [5.41, 5.74) is 0. The minimum Gasteiger partial charge on any atom is -0.310 e. The molecule has 1 atom stereocenters. The highest BCUT2D eigenvalue weighted by Crippen LogP contribution is 2.17. The number of hydrogen-bond acceptors (Lipinski definition) is 2. The summed E-state index contributed by atoms with van der Waals surface area (Å²) in [5, 5.41) is 3.87. The summed E-state index contributed by atoms with van der Waals surface area (Å²) in [7, 11) is 0. The number of nitrogens with zero attached hydrogens (tertiary/aromatic N) is 1. The molecule has 2 aliphatic rings. The van der Waals surface area contributed by atoms with Gasteiger partial charge in [-0.2, -0.15) is 0 Å². The molecule has 2 rings (SSSR count). The van der Waals surface area contributed by atoms with Gasteiger partial charge in [0.2, 0.25) is 0 Å². The summed E-state index contributed by atoms with van der Waals surface area (Å²) < 4.78 is 0. The molecule has 0 bridgehead atoms. The van der Waals surface area contributed by atoms with E-state index in [4.69, 9.17) is 0 Å². The molecule has 0 aromatic carbocycles. The molecule has 1 aliphatic carbocycles. The molecule has 0 radical (unpaired) electrons. The molecule has 0 aromatic heterocycles. The lowest BCUT2D eigenvalue weighted by atomic mass is 9.96. The molecule has 0 aromatic rings. The number of likely N-dealkylation sites (tertiary alicyclic amines) is 1. The highest BCUT2D eigenvalue weighted by molar-refractivity contribution is 4.77. The van der Waals surface area contributed by atoms with Crippen LogP contribution in [-0.2, 0) is 0 Å². The van der Waals surface area contributed by atoms with E-state index in [1.165, 1.54) is 77.4 Å². The minimum atomic E-state index is 0.678. The van der Waals surface area contributed by atoms with Gasteiger partial charge < -0.3 is 10.2 Å². The van der Waals surface area contributed by atoms with Crippen molar-refractivity contribution in [2.45, 2.75) is 76.8 Å². The minimum absolute atomic E-state index is 0.678. The molecule has 1 unspecified atom stereocenters. The van der Waals surface area contributed by atoms with Crippen LogP contribution in [0.3, 0.4) is 0 Å². The lowest BCUT2D eigenvalue weighted by molar-refractivity contribution is 0.272. The highest BCUT2D eigenvalue weighted by Gasteiger charge is 2.17. The molecule has 1 saturated heterocycles. The fraction of sp³-hybridized carbons (Fsp3) is 1.00. The first-order valence-electron chi connectivity index (χ1n) is 7.83. The van der Waals surface area contributed by atoms with E-state index >= 15 is 0 Å². The maximum absolute atomic E-state index is 3.87. The summed E-state index contributed by atoms with van der Waals surface area (Å²) in [6, 6.07) is 1.48. The standard InChI is InChI=1S/C15H30N2/c1-14(13-17-11-7-8-12-17)16-15-9-5-3-2-4-6-10-15/h14-16H,2-13H2,1H3. The quantitative estimate of drug-likeness (QED) is 0.809. The van der Waals surface area contributed by atoms with Crippen molar-refractivity contribution < 1.29 is 0 Å². The predicted molar refractivity (Wildman–Crippen MR) is 74.4 cm³/mol. The van der Waals surface area contributed by atoms with Gasteiger partial charge in [-0.05, 0) is 45.7 Å². The molecular weight excluding hydrogens is 208 g/mol. The Labute approximate surface area is 107 Å². The van der Waals surface area contributed by atoms with Crippen LogP contribution in [0, 0.1) is 0 Å². The van der Waals surface area contributed by atoms with Gasteiger partial charge in [0.05, 0.1) is 0 Å². The molecule has 1 heterocycles. The van der Waals surface area contributed by atoms with Crippen molar-refractivity contribution in [3.8, 4) is 0 Å². The van der Waals surface area contributed by atoms with Crippen molar-refractivity contribution in [1.82, 2.24) is 10.2 Å². The Morgan fingerprint density at radius 3 is 2.18 bits per heavy atom. The maximum atomic E-state index is 3.87. The topological polar surface area (TPSA) is 15.3 Å². The largest absolute Gasteiger partial charge is 0.310 e. The van der Waals surface area contributed by atoms with E-state index in [1.54, 1.807) is 0 Å². The van der Waals surface area contributed by atoms with E-state index in [-0.39, 0.29) is 0 Å². The Kier molecular flexibility index (Phi) is 5.79. The lowest BCUT2D eigenvalue weighted by Gasteiger charge is -2.27. The average molecular weight is 238 g/mol. The average Bonchev–Trinajstić information content (AvgIpc) is 2.74. The number of hydrogen-bond donors (Lipinski definition) is 1. The highest BCUT2D eigenvalue weighted by atomic mass is 15.2. The second kappa shape index (κ2) is 7.38. The van der Waals surface area contributed by atoms with Crippen LogP contribution in [0.4, 0.5) is 0 Å². The molecule has 0 spiro atoms. The van der Waals surface area contributed by atoms with E-state index in [2.05, 4.69) is 17.1 Å². The maximum Gasteiger partial charge on any atom is 0.0169 e. The van der Waals surface area contributed by atoms with Gasteiger partial charge in [-0.15, -0.1) is 0 Å². The summed E-state index contributed by atoms with van der Waals surface area (Å²) in [6.07, 6.45) is 12.9. The number of rotatable bonds is 4. The molecule has 100 valence electrons. The summed E-state index contributed by atoms with van der Waals surface area (Å²) in [6.45, 7) is 6.29. The molecule has 1 N–H and O–H groups in total. The van der Waals surface area contributed by atoms with Crippen LogP contribution in [0.1, 0.15) is 64.7 Å². The van der Waals surface area contributed by atoms with Crippen molar-refractivity contribution in [1.29, 1.82) is 0 Å². The van der Waals surface area contributed by atoms with E-state index in [0.717, 1.165) is 6.04 Å². The molecule has 2 heteroatoms. The van der Waals surface area contributed by atoms with E-state index in [0.29, 0.717) is 6.04 Å². The zero-order valence-corrected chi connectivity index (χ0v) is 11.6. The zero-order chi connectivity index (χ0) is 11.9. The van der Waals surface area contributed by atoms with Gasteiger partial charge in [0, 0.05) is 18.6 Å². The summed E-state index contributed by atoms with van der Waals surface area (Å²) in [4.78, 5) is 2.63. The monoisotopic (exact) mass is 238 g/mol. The molecule has 17 heavy (non-hydrogen) atoms. The van der Waals surface area contributed by atoms with Gasteiger partial charge in [0.1, 0.15) is 0 Å². The fourth-order valence-electron chi connectivity index (χ4n) is 3.43. The Bertz CT molecular complexity index is 191. The van der Waals surface area contributed by atoms with Crippen molar-refractivity contribution in [3.63, 3.8) is 0 Å². The van der Waals surface area contributed by atoms with Crippen LogP contribution in [0.5, 0.6) is 0 Å². The zero-order valence-electron chi connectivity index (χ0n) is 11.6. The Morgan fingerprint density at radius 2 is 1.53 bits per heavy atom. The van der Waals surface area contributed by atoms with Crippen LogP contribution >= 0.6 is 0 Å². The second-order valence-corrected chi connectivity index (χ2v) is 6.12. The first-order chi connectivity index (χ1) is 8.34. The third-order valence-electron chi connectivity index (χ3n) is 4.36. The predicted octanol–water partition coefficient (Wildman–Crippen LogP) is 3.17. The first-order valence-corrected chi connectivity index (χ1v) is 7.83. The van der Waals surface area contributed by atoms with Crippen molar-refractivity contribution in [3.05, 3.63) is 0 Å². The molecule has 2 nitrogen and oxygen atoms in total.